The first-order valence-electron chi connectivity index (χ1n) is 6.55. The molecule has 8 heteroatoms. The van der Waals surface area contributed by atoms with Crippen LogP contribution >= 0.6 is 27.7 Å². The monoisotopic (exact) mass is 382 g/mol. The van der Waals surface area contributed by atoms with Gasteiger partial charge in [0.25, 0.3) is 0 Å². The van der Waals surface area contributed by atoms with E-state index in [1.54, 1.807) is 22.1 Å². The summed E-state index contributed by atoms with van der Waals surface area (Å²) in [5, 5.41) is 3.12. The minimum Gasteiger partial charge on any atom is -0.452 e. The summed E-state index contributed by atoms with van der Waals surface area (Å²) in [6.45, 7) is 5.81. The molecule has 5 nitrogen and oxygen atoms in total. The Balaban J connectivity index is 2.26. The van der Waals surface area contributed by atoms with Crippen LogP contribution in [-0.4, -0.2) is 43.4 Å². The van der Waals surface area contributed by atoms with Gasteiger partial charge in [0.2, 0.25) is 10.0 Å². The highest BCUT2D eigenvalue weighted by Crippen LogP contribution is 2.31. The number of hydrogen-bond acceptors (Lipinski definition) is 5. The fraction of sp³-hybridized carbons (Fsp3) is 0.667. The molecular weight excluding hydrogens is 364 g/mol. The molecule has 1 fully saturated rings. The molecule has 2 rings (SSSR count). The molecule has 0 amide bonds. The number of rotatable bonds is 5. The van der Waals surface area contributed by atoms with Crippen molar-refractivity contribution in [1.29, 1.82) is 0 Å². The molecule has 1 unspecified atom stereocenters. The van der Waals surface area contributed by atoms with Crippen molar-refractivity contribution in [3.05, 3.63) is 16.5 Å². The van der Waals surface area contributed by atoms with Gasteiger partial charge in [-0.2, -0.15) is 16.1 Å². The Morgan fingerprint density at radius 2 is 2.35 bits per heavy atom. The Morgan fingerprint density at radius 1 is 1.60 bits per heavy atom. The molecule has 20 heavy (non-hydrogen) atoms. The quantitative estimate of drug-likeness (QED) is 0.845. The van der Waals surface area contributed by atoms with Gasteiger partial charge in [0.05, 0.1) is 6.54 Å². The van der Waals surface area contributed by atoms with E-state index >= 15 is 0 Å². The van der Waals surface area contributed by atoms with E-state index in [0.717, 1.165) is 18.1 Å². The van der Waals surface area contributed by atoms with Gasteiger partial charge in [0, 0.05) is 30.2 Å². The molecule has 0 aromatic carbocycles. The van der Waals surface area contributed by atoms with Crippen molar-refractivity contribution in [2.45, 2.75) is 31.3 Å². The van der Waals surface area contributed by atoms with Crippen LogP contribution in [0.1, 0.15) is 19.6 Å². The first-order chi connectivity index (χ1) is 9.46. The topological polar surface area (TPSA) is 62.6 Å². The van der Waals surface area contributed by atoms with Crippen molar-refractivity contribution in [2.24, 2.45) is 0 Å². The molecule has 0 bridgehead atoms. The van der Waals surface area contributed by atoms with Gasteiger partial charge in [-0.05, 0) is 29.4 Å². The Labute approximate surface area is 132 Å². The van der Waals surface area contributed by atoms with E-state index in [1.165, 1.54) is 0 Å². The number of nitrogens with one attached hydrogen (secondary N) is 1. The van der Waals surface area contributed by atoms with E-state index in [1.807, 2.05) is 13.8 Å². The summed E-state index contributed by atoms with van der Waals surface area (Å²) in [7, 11) is -3.49. The first-order valence-corrected chi connectivity index (χ1v) is 9.94. The molecule has 0 radical (unpaired) electrons. The molecule has 0 spiro atoms. The average molecular weight is 383 g/mol. The second-order valence-corrected chi connectivity index (χ2v) is 8.40. The van der Waals surface area contributed by atoms with Crippen molar-refractivity contribution in [3.8, 4) is 0 Å². The largest absolute Gasteiger partial charge is 0.452 e. The molecule has 0 saturated carbocycles. The van der Waals surface area contributed by atoms with Gasteiger partial charge in [-0.1, -0.05) is 6.92 Å². The smallest absolute Gasteiger partial charge is 0.247 e. The van der Waals surface area contributed by atoms with Gasteiger partial charge in [-0.15, -0.1) is 0 Å². The summed E-state index contributed by atoms with van der Waals surface area (Å²) in [5.74, 6) is 2.29. The number of thioether (sulfide) groups is 1. The van der Waals surface area contributed by atoms with E-state index in [-0.39, 0.29) is 15.6 Å². The van der Waals surface area contributed by atoms with Crippen LogP contribution < -0.4 is 5.32 Å². The Bertz CT molecular complexity index is 559. The maximum absolute atomic E-state index is 12.7. The summed E-state index contributed by atoms with van der Waals surface area (Å²) in [6.07, 6.45) is 0. The predicted molar refractivity (Wildman–Crippen MR) is 84.5 cm³/mol. The molecule has 1 N–H and O–H groups in total. The lowest BCUT2D eigenvalue weighted by molar-refractivity contribution is 0.366. The molecule has 114 valence electrons. The van der Waals surface area contributed by atoms with Gasteiger partial charge >= 0.3 is 0 Å². The standard InChI is InChI=1S/C12H19BrN2O3S2/c1-3-14-7-10-6-11(12(13)18-10)20(16,17)15-4-5-19-8-9(15)2/h6,9,14H,3-5,7-8H2,1-2H3. The first kappa shape index (κ1) is 16.4. The van der Waals surface area contributed by atoms with Crippen LogP contribution in [0, 0.1) is 0 Å². The molecule has 1 aliphatic rings. The van der Waals surface area contributed by atoms with Gasteiger partial charge in [-0.25, -0.2) is 8.42 Å². The zero-order chi connectivity index (χ0) is 14.8. The number of halogens is 1. The molecule has 0 aliphatic carbocycles. The third-order valence-electron chi connectivity index (χ3n) is 3.15. The lowest BCUT2D eigenvalue weighted by Crippen LogP contribution is -2.44. The fourth-order valence-electron chi connectivity index (χ4n) is 2.10. The molecule has 1 saturated heterocycles. The molecule has 2 heterocycles. The third kappa shape index (κ3) is 3.41. The molecule has 1 aromatic heterocycles. The second-order valence-electron chi connectivity index (χ2n) is 4.67. The van der Waals surface area contributed by atoms with Crippen LogP contribution in [0.2, 0.25) is 0 Å². The van der Waals surface area contributed by atoms with E-state index in [9.17, 15) is 8.42 Å². The Hall–Kier alpha value is -0.0200. The van der Waals surface area contributed by atoms with Crippen LogP contribution in [0.15, 0.2) is 20.0 Å². The van der Waals surface area contributed by atoms with Crippen molar-refractivity contribution < 1.29 is 12.8 Å². The Kier molecular flexibility index (Phi) is 5.58. The maximum Gasteiger partial charge on any atom is 0.247 e. The summed E-state index contributed by atoms with van der Waals surface area (Å²) in [6, 6.07) is 1.62. The summed E-state index contributed by atoms with van der Waals surface area (Å²) < 4.78 is 32.7. The van der Waals surface area contributed by atoms with Crippen LogP contribution in [0.25, 0.3) is 0 Å². The summed E-state index contributed by atoms with van der Waals surface area (Å²) >= 11 is 5.01. The zero-order valence-electron chi connectivity index (χ0n) is 11.6. The average Bonchev–Trinajstić information content (AvgIpc) is 2.78. The highest BCUT2D eigenvalue weighted by Gasteiger charge is 2.34. The summed E-state index contributed by atoms with van der Waals surface area (Å²) in [4.78, 5) is 0.226. The fourth-order valence-corrected chi connectivity index (χ4v) is 5.92. The van der Waals surface area contributed by atoms with E-state index in [2.05, 4.69) is 21.2 Å². The normalized spacial score (nSPS) is 21.2. The van der Waals surface area contributed by atoms with Crippen LogP contribution in [0.4, 0.5) is 0 Å². The van der Waals surface area contributed by atoms with E-state index < -0.39 is 10.0 Å². The van der Waals surface area contributed by atoms with E-state index in [0.29, 0.717) is 18.8 Å². The number of furan rings is 1. The zero-order valence-corrected chi connectivity index (χ0v) is 14.8. The van der Waals surface area contributed by atoms with Gasteiger partial charge in [0.1, 0.15) is 10.7 Å². The van der Waals surface area contributed by atoms with Gasteiger partial charge in [-0.3, -0.25) is 0 Å². The predicted octanol–water partition coefficient (Wildman–Crippen LogP) is 2.28. The van der Waals surface area contributed by atoms with Crippen molar-refractivity contribution >= 4 is 37.7 Å². The van der Waals surface area contributed by atoms with Crippen LogP contribution in [0.3, 0.4) is 0 Å². The van der Waals surface area contributed by atoms with Crippen molar-refractivity contribution in [3.63, 3.8) is 0 Å². The molecular formula is C12H19BrN2O3S2. The third-order valence-corrected chi connectivity index (χ3v) is 7.21. The lowest BCUT2D eigenvalue weighted by Gasteiger charge is -2.31. The minimum absolute atomic E-state index is 0.0118. The van der Waals surface area contributed by atoms with Crippen LogP contribution in [0.5, 0.6) is 0 Å². The van der Waals surface area contributed by atoms with E-state index in [4.69, 9.17) is 4.42 Å². The number of nitrogens with zero attached hydrogens (tertiary/aromatic N) is 1. The van der Waals surface area contributed by atoms with Crippen molar-refractivity contribution in [1.82, 2.24) is 9.62 Å². The summed E-state index contributed by atoms with van der Waals surface area (Å²) in [5.41, 5.74) is 0. The Morgan fingerprint density at radius 3 is 3.00 bits per heavy atom. The van der Waals surface area contributed by atoms with Gasteiger partial charge in [0.15, 0.2) is 4.67 Å². The molecule has 1 aromatic rings. The highest BCUT2D eigenvalue weighted by atomic mass is 79.9. The van der Waals surface area contributed by atoms with Crippen LogP contribution in [-0.2, 0) is 16.6 Å². The lowest BCUT2D eigenvalue weighted by atomic mass is 10.4. The SMILES string of the molecule is CCNCc1cc(S(=O)(=O)N2CCSCC2C)c(Br)o1. The molecule has 1 atom stereocenters. The minimum atomic E-state index is -3.49. The van der Waals surface area contributed by atoms with Gasteiger partial charge < -0.3 is 9.73 Å². The van der Waals surface area contributed by atoms with Crippen molar-refractivity contribution in [2.75, 3.05) is 24.6 Å². The number of hydrogen-bond donors (Lipinski definition) is 1. The highest BCUT2D eigenvalue weighted by molar-refractivity contribution is 9.10. The molecule has 1 aliphatic heterocycles. The second kappa shape index (κ2) is 6.83. The maximum atomic E-state index is 12.7. The number of sulfonamides is 1.